The molecule has 0 unspecified atom stereocenters. The fraction of sp³-hybridized carbons (Fsp3) is 0.154. The SMILES string of the molecule is CSc1occ(C)c1C(=O)c1ccc(Cl)cc1. The van der Waals surface area contributed by atoms with E-state index in [1.165, 1.54) is 11.8 Å². The molecule has 0 aliphatic heterocycles. The van der Waals surface area contributed by atoms with Crippen molar-refractivity contribution in [2.75, 3.05) is 6.26 Å². The first-order chi connectivity index (χ1) is 8.13. The summed E-state index contributed by atoms with van der Waals surface area (Å²) in [6, 6.07) is 6.87. The average molecular weight is 267 g/mol. The Morgan fingerprint density at radius 2 is 1.94 bits per heavy atom. The number of benzene rings is 1. The van der Waals surface area contributed by atoms with E-state index in [0.29, 0.717) is 21.2 Å². The second kappa shape index (κ2) is 4.98. The first-order valence-corrected chi connectivity index (χ1v) is 6.66. The van der Waals surface area contributed by atoms with Gasteiger partial charge in [-0.05, 0) is 43.0 Å². The molecule has 1 heterocycles. The molecule has 2 aromatic rings. The summed E-state index contributed by atoms with van der Waals surface area (Å²) in [4.78, 5) is 12.3. The number of rotatable bonds is 3. The minimum atomic E-state index is -0.0303. The summed E-state index contributed by atoms with van der Waals surface area (Å²) in [7, 11) is 0. The molecular formula is C13H11ClO2S. The molecule has 0 aliphatic carbocycles. The van der Waals surface area contributed by atoms with Crippen molar-refractivity contribution in [3.63, 3.8) is 0 Å². The zero-order valence-electron chi connectivity index (χ0n) is 9.49. The third-order valence-electron chi connectivity index (χ3n) is 2.46. The predicted molar refractivity (Wildman–Crippen MR) is 70.1 cm³/mol. The number of carbonyl (C=O) groups excluding carboxylic acids is 1. The van der Waals surface area contributed by atoms with Gasteiger partial charge in [-0.3, -0.25) is 4.79 Å². The highest BCUT2D eigenvalue weighted by Crippen LogP contribution is 2.27. The van der Waals surface area contributed by atoms with Crippen LogP contribution in [0.4, 0.5) is 0 Å². The van der Waals surface area contributed by atoms with Crippen molar-refractivity contribution in [2.24, 2.45) is 0 Å². The summed E-state index contributed by atoms with van der Waals surface area (Å²) in [5.41, 5.74) is 2.11. The van der Waals surface area contributed by atoms with Gasteiger partial charge in [-0.1, -0.05) is 23.4 Å². The van der Waals surface area contributed by atoms with E-state index in [4.69, 9.17) is 16.0 Å². The number of hydrogen-bond donors (Lipinski definition) is 0. The molecule has 0 atom stereocenters. The van der Waals surface area contributed by atoms with Crippen molar-refractivity contribution in [3.05, 3.63) is 52.2 Å². The van der Waals surface area contributed by atoms with Crippen molar-refractivity contribution >= 4 is 29.1 Å². The Labute approximate surface area is 109 Å². The quantitative estimate of drug-likeness (QED) is 0.616. The number of halogens is 1. The Morgan fingerprint density at radius 3 is 2.53 bits per heavy atom. The lowest BCUT2D eigenvalue weighted by atomic mass is 10.0. The monoisotopic (exact) mass is 266 g/mol. The summed E-state index contributed by atoms with van der Waals surface area (Å²) in [5.74, 6) is -0.0303. The minimum absolute atomic E-state index is 0.0303. The molecule has 0 amide bonds. The standard InChI is InChI=1S/C13H11ClO2S/c1-8-7-16-13(17-2)11(8)12(15)9-3-5-10(14)6-4-9/h3-7H,1-2H3. The summed E-state index contributed by atoms with van der Waals surface area (Å²) >= 11 is 7.23. The van der Waals surface area contributed by atoms with E-state index in [-0.39, 0.29) is 5.78 Å². The van der Waals surface area contributed by atoms with Crippen molar-refractivity contribution < 1.29 is 9.21 Å². The lowest BCUT2D eigenvalue weighted by Gasteiger charge is -2.02. The first kappa shape index (κ1) is 12.3. The van der Waals surface area contributed by atoms with E-state index in [9.17, 15) is 4.79 Å². The molecule has 17 heavy (non-hydrogen) atoms. The first-order valence-electron chi connectivity index (χ1n) is 5.06. The second-order valence-electron chi connectivity index (χ2n) is 3.62. The molecule has 2 nitrogen and oxygen atoms in total. The summed E-state index contributed by atoms with van der Waals surface area (Å²) in [5, 5.41) is 1.28. The van der Waals surface area contributed by atoms with Crippen molar-refractivity contribution in [1.82, 2.24) is 0 Å². The van der Waals surface area contributed by atoms with Gasteiger partial charge in [0.05, 0.1) is 11.8 Å². The van der Waals surface area contributed by atoms with Crippen molar-refractivity contribution in [2.45, 2.75) is 12.0 Å². The third-order valence-corrected chi connectivity index (χ3v) is 3.38. The Hall–Kier alpha value is -1.19. The van der Waals surface area contributed by atoms with Crippen LogP contribution >= 0.6 is 23.4 Å². The van der Waals surface area contributed by atoms with E-state index in [0.717, 1.165) is 5.56 Å². The molecule has 0 spiro atoms. The van der Waals surface area contributed by atoms with Crippen molar-refractivity contribution in [1.29, 1.82) is 0 Å². The van der Waals surface area contributed by atoms with Crippen LogP contribution in [0.3, 0.4) is 0 Å². The molecule has 1 aromatic carbocycles. The van der Waals surface area contributed by atoms with Crippen LogP contribution in [0.2, 0.25) is 5.02 Å². The molecule has 2 rings (SSSR count). The van der Waals surface area contributed by atoms with Gasteiger partial charge in [-0.2, -0.15) is 0 Å². The van der Waals surface area contributed by atoms with Gasteiger partial charge in [-0.25, -0.2) is 0 Å². The maximum Gasteiger partial charge on any atom is 0.197 e. The number of furan rings is 1. The summed E-state index contributed by atoms with van der Waals surface area (Å²) in [6.45, 7) is 1.87. The van der Waals surface area contributed by atoms with Gasteiger partial charge in [0, 0.05) is 10.6 Å². The van der Waals surface area contributed by atoms with Gasteiger partial charge < -0.3 is 4.42 Å². The molecule has 0 fully saturated rings. The topological polar surface area (TPSA) is 30.2 Å². The smallest absolute Gasteiger partial charge is 0.197 e. The molecule has 88 valence electrons. The summed E-state index contributed by atoms with van der Waals surface area (Å²) < 4.78 is 5.33. The van der Waals surface area contributed by atoms with Crippen molar-refractivity contribution in [3.8, 4) is 0 Å². The zero-order valence-corrected chi connectivity index (χ0v) is 11.1. The van der Waals surface area contributed by atoms with Gasteiger partial charge in [0.2, 0.25) is 0 Å². The van der Waals surface area contributed by atoms with Gasteiger partial charge >= 0.3 is 0 Å². The van der Waals surface area contributed by atoms with Gasteiger partial charge in [0.25, 0.3) is 0 Å². The highest BCUT2D eigenvalue weighted by Gasteiger charge is 2.19. The van der Waals surface area contributed by atoms with Gasteiger partial charge in [0.15, 0.2) is 10.9 Å². The van der Waals surface area contributed by atoms with Crippen LogP contribution in [0.5, 0.6) is 0 Å². The van der Waals surface area contributed by atoms with E-state index in [1.54, 1.807) is 30.5 Å². The lowest BCUT2D eigenvalue weighted by molar-refractivity contribution is 0.103. The maximum absolute atomic E-state index is 12.3. The normalized spacial score (nSPS) is 10.5. The Balaban J connectivity index is 2.43. The Morgan fingerprint density at radius 1 is 1.29 bits per heavy atom. The largest absolute Gasteiger partial charge is 0.457 e. The van der Waals surface area contributed by atoms with Crippen LogP contribution in [0.25, 0.3) is 0 Å². The third kappa shape index (κ3) is 2.40. The van der Waals surface area contributed by atoms with Gasteiger partial charge in [-0.15, -0.1) is 0 Å². The van der Waals surface area contributed by atoms with E-state index < -0.39 is 0 Å². The lowest BCUT2D eigenvalue weighted by Crippen LogP contribution is -2.02. The number of thioether (sulfide) groups is 1. The van der Waals surface area contributed by atoms with Crippen LogP contribution in [0.1, 0.15) is 21.5 Å². The van der Waals surface area contributed by atoms with Crippen LogP contribution < -0.4 is 0 Å². The molecule has 1 aromatic heterocycles. The number of hydrogen-bond acceptors (Lipinski definition) is 3. The number of carbonyl (C=O) groups is 1. The molecule has 0 saturated carbocycles. The summed E-state index contributed by atoms with van der Waals surface area (Å²) in [6.07, 6.45) is 3.49. The van der Waals surface area contributed by atoms with E-state index in [2.05, 4.69) is 0 Å². The van der Waals surface area contributed by atoms with Crippen LogP contribution in [-0.4, -0.2) is 12.0 Å². The molecule has 0 radical (unpaired) electrons. The fourth-order valence-electron chi connectivity index (χ4n) is 1.59. The molecule has 0 N–H and O–H groups in total. The molecule has 4 heteroatoms. The maximum atomic E-state index is 12.3. The average Bonchev–Trinajstić information content (AvgIpc) is 2.70. The van der Waals surface area contributed by atoms with E-state index in [1.807, 2.05) is 13.2 Å². The Kier molecular flexibility index (Phi) is 3.60. The number of ketones is 1. The van der Waals surface area contributed by atoms with Crippen LogP contribution in [0, 0.1) is 6.92 Å². The number of aryl methyl sites for hydroxylation is 1. The predicted octanol–water partition coefficient (Wildman–Crippen LogP) is 4.19. The van der Waals surface area contributed by atoms with Crippen LogP contribution in [0.15, 0.2) is 40.0 Å². The highest BCUT2D eigenvalue weighted by atomic mass is 35.5. The minimum Gasteiger partial charge on any atom is -0.457 e. The van der Waals surface area contributed by atoms with Gasteiger partial charge in [0.1, 0.15) is 0 Å². The zero-order chi connectivity index (χ0) is 12.4. The molecule has 0 aliphatic rings. The fourth-order valence-corrected chi connectivity index (χ4v) is 2.32. The Bertz CT molecular complexity index is 543. The molecule has 0 saturated heterocycles. The molecule has 0 bridgehead atoms. The van der Waals surface area contributed by atoms with E-state index >= 15 is 0 Å². The second-order valence-corrected chi connectivity index (χ2v) is 4.84. The van der Waals surface area contributed by atoms with Crippen LogP contribution in [-0.2, 0) is 0 Å². The molecular weight excluding hydrogens is 256 g/mol. The highest BCUT2D eigenvalue weighted by molar-refractivity contribution is 7.98.